The number of fused-ring (bicyclic) bond motifs is 1. The Bertz CT molecular complexity index is 1710. The predicted octanol–water partition coefficient (Wildman–Crippen LogP) is 5.63. The highest BCUT2D eigenvalue weighted by Gasteiger charge is 2.29. The lowest BCUT2D eigenvalue weighted by atomic mass is 9.92. The Balaban J connectivity index is 1.50. The summed E-state index contributed by atoms with van der Waals surface area (Å²) in [6, 6.07) is 20.7. The lowest BCUT2D eigenvalue weighted by Crippen LogP contribution is -2.43. The molecule has 38 heavy (non-hydrogen) atoms. The van der Waals surface area contributed by atoms with E-state index in [1.807, 2.05) is 73.1 Å². The smallest absolute Gasteiger partial charge is 0.327 e. The van der Waals surface area contributed by atoms with Crippen molar-refractivity contribution in [3.05, 3.63) is 107 Å². The summed E-state index contributed by atoms with van der Waals surface area (Å²) in [5, 5.41) is 3.87. The van der Waals surface area contributed by atoms with Crippen molar-refractivity contribution in [2.45, 2.75) is 37.6 Å². The summed E-state index contributed by atoms with van der Waals surface area (Å²) >= 11 is 1.63. The second kappa shape index (κ2) is 10.4. The minimum absolute atomic E-state index is 0.0520. The molecule has 2 N–H and O–H groups in total. The van der Waals surface area contributed by atoms with E-state index in [0.29, 0.717) is 11.4 Å². The van der Waals surface area contributed by atoms with Gasteiger partial charge in [0.15, 0.2) is 0 Å². The number of carbonyl (C=O) groups excluding carboxylic acids is 1. The van der Waals surface area contributed by atoms with E-state index in [9.17, 15) is 13.2 Å². The summed E-state index contributed by atoms with van der Waals surface area (Å²) in [6.07, 6.45) is 3.49. The first-order valence-electron chi connectivity index (χ1n) is 12.1. The third-order valence-electron chi connectivity index (χ3n) is 6.43. The first kappa shape index (κ1) is 25.6. The lowest BCUT2D eigenvalue weighted by Gasteiger charge is -2.26. The van der Waals surface area contributed by atoms with Gasteiger partial charge >= 0.3 is 6.03 Å². The van der Waals surface area contributed by atoms with Crippen molar-refractivity contribution in [3.63, 3.8) is 0 Å². The van der Waals surface area contributed by atoms with Crippen LogP contribution in [-0.2, 0) is 10.0 Å². The fraction of sp³-hybridized carbons (Fsp3) is 0.179. The first-order valence-corrected chi connectivity index (χ1v) is 14.4. The standard InChI is InChI=1S/C28H27N5O3S2/c1-18-9-7-8-12-25(18)38(35,36)32-28(34)31-26(19(2)21-10-5-4-6-11-21)27-29-15-16-33(27)22-13-14-24-23(17-22)30-20(3)37-24/h4-17,19,26H,1-3H3,(H2,31,32,34)/t19-,26+/m1/s1. The topological polar surface area (TPSA) is 106 Å². The normalized spacial score (nSPS) is 13.2. The van der Waals surface area contributed by atoms with Crippen molar-refractivity contribution in [1.29, 1.82) is 0 Å². The molecule has 0 aliphatic heterocycles. The predicted molar refractivity (Wildman–Crippen MR) is 149 cm³/mol. The number of carbonyl (C=O) groups is 1. The Hall–Kier alpha value is -4.02. The van der Waals surface area contributed by atoms with E-state index in [0.717, 1.165) is 26.5 Å². The maximum atomic E-state index is 13.2. The van der Waals surface area contributed by atoms with Crippen LogP contribution in [0, 0.1) is 13.8 Å². The Kier molecular flexibility index (Phi) is 7.00. The maximum Gasteiger partial charge on any atom is 0.329 e. The van der Waals surface area contributed by atoms with Gasteiger partial charge in [0.05, 0.1) is 26.2 Å². The van der Waals surface area contributed by atoms with Gasteiger partial charge in [0.25, 0.3) is 10.0 Å². The molecule has 0 radical (unpaired) electrons. The summed E-state index contributed by atoms with van der Waals surface area (Å²) in [5.74, 6) is 0.339. The molecule has 0 saturated carbocycles. The average Bonchev–Trinajstić information content (AvgIpc) is 3.52. The number of hydrogen-bond acceptors (Lipinski definition) is 6. The number of rotatable bonds is 7. The van der Waals surface area contributed by atoms with Crippen LogP contribution in [0.3, 0.4) is 0 Å². The zero-order valence-electron chi connectivity index (χ0n) is 21.1. The fourth-order valence-electron chi connectivity index (χ4n) is 4.51. The number of urea groups is 1. The number of nitrogens with zero attached hydrogens (tertiary/aromatic N) is 3. The van der Waals surface area contributed by atoms with E-state index in [1.54, 1.807) is 42.7 Å². The molecule has 0 saturated heterocycles. The van der Waals surface area contributed by atoms with E-state index < -0.39 is 22.1 Å². The highest BCUT2D eigenvalue weighted by molar-refractivity contribution is 7.90. The largest absolute Gasteiger partial charge is 0.329 e. The minimum atomic E-state index is -4.08. The van der Waals surface area contributed by atoms with Crippen LogP contribution in [0.5, 0.6) is 0 Å². The Morgan fingerprint density at radius 1 is 1.00 bits per heavy atom. The van der Waals surface area contributed by atoms with Gasteiger partial charge in [-0.3, -0.25) is 0 Å². The second-order valence-corrected chi connectivity index (χ2v) is 11.9. The molecule has 0 spiro atoms. The van der Waals surface area contributed by atoms with Gasteiger partial charge in [-0.05, 0) is 49.2 Å². The fourth-order valence-corrected chi connectivity index (χ4v) is 6.48. The number of aryl methyl sites for hydroxylation is 2. The van der Waals surface area contributed by atoms with Crippen molar-refractivity contribution in [1.82, 2.24) is 24.6 Å². The van der Waals surface area contributed by atoms with E-state index >= 15 is 0 Å². The summed E-state index contributed by atoms with van der Waals surface area (Å²) in [5.41, 5.74) is 3.24. The van der Waals surface area contributed by atoms with Crippen molar-refractivity contribution in [2.24, 2.45) is 0 Å². The summed E-state index contributed by atoms with van der Waals surface area (Å²) in [6.45, 7) is 5.63. The van der Waals surface area contributed by atoms with Crippen LogP contribution >= 0.6 is 11.3 Å². The number of sulfonamides is 1. The van der Waals surface area contributed by atoms with Crippen LogP contribution in [0.4, 0.5) is 4.79 Å². The Morgan fingerprint density at radius 3 is 2.50 bits per heavy atom. The molecule has 5 aromatic rings. The third kappa shape index (κ3) is 5.18. The number of imidazole rings is 1. The van der Waals surface area contributed by atoms with Crippen LogP contribution in [0.25, 0.3) is 15.9 Å². The van der Waals surface area contributed by atoms with Gasteiger partial charge in [-0.1, -0.05) is 55.5 Å². The van der Waals surface area contributed by atoms with E-state index in [-0.39, 0.29) is 10.8 Å². The van der Waals surface area contributed by atoms with Gasteiger partial charge in [0.2, 0.25) is 0 Å². The van der Waals surface area contributed by atoms with Crippen LogP contribution in [0.1, 0.15) is 40.8 Å². The number of benzene rings is 3. The summed E-state index contributed by atoms with van der Waals surface area (Å²) in [7, 11) is -4.08. The molecule has 0 bridgehead atoms. The van der Waals surface area contributed by atoms with E-state index in [1.165, 1.54) is 6.07 Å². The maximum absolute atomic E-state index is 13.2. The number of thiazole rings is 1. The van der Waals surface area contributed by atoms with Gasteiger partial charge in [-0.15, -0.1) is 11.3 Å². The Morgan fingerprint density at radius 2 is 1.74 bits per heavy atom. The van der Waals surface area contributed by atoms with Gasteiger partial charge in [-0.25, -0.2) is 27.9 Å². The molecule has 2 heterocycles. The van der Waals surface area contributed by atoms with Crippen molar-refractivity contribution in [3.8, 4) is 5.69 Å². The minimum Gasteiger partial charge on any atom is -0.327 e. The molecule has 2 aromatic heterocycles. The number of nitrogens with one attached hydrogen (secondary N) is 2. The van der Waals surface area contributed by atoms with Crippen molar-refractivity contribution < 1.29 is 13.2 Å². The monoisotopic (exact) mass is 545 g/mol. The molecule has 194 valence electrons. The van der Waals surface area contributed by atoms with Gasteiger partial charge in [0.1, 0.15) is 5.82 Å². The number of aromatic nitrogens is 3. The van der Waals surface area contributed by atoms with Crippen LogP contribution < -0.4 is 10.0 Å². The van der Waals surface area contributed by atoms with Crippen molar-refractivity contribution in [2.75, 3.05) is 0 Å². The van der Waals surface area contributed by atoms with Crippen LogP contribution in [0.2, 0.25) is 0 Å². The zero-order chi connectivity index (χ0) is 26.9. The highest BCUT2D eigenvalue weighted by atomic mass is 32.2. The number of amides is 2. The SMILES string of the molecule is Cc1nc2cc(-n3ccnc3[C@@H](NC(=O)NS(=O)(=O)c3ccccc3C)[C@H](C)c3ccccc3)ccc2s1. The van der Waals surface area contributed by atoms with Gasteiger partial charge < -0.3 is 9.88 Å². The van der Waals surface area contributed by atoms with E-state index in [2.05, 4.69) is 20.0 Å². The van der Waals surface area contributed by atoms with Gasteiger partial charge in [-0.2, -0.15) is 0 Å². The summed E-state index contributed by atoms with van der Waals surface area (Å²) in [4.78, 5) is 22.4. The van der Waals surface area contributed by atoms with E-state index in [4.69, 9.17) is 0 Å². The molecule has 2 amide bonds. The van der Waals surface area contributed by atoms with Crippen LogP contribution in [0.15, 0.2) is 90.1 Å². The molecular formula is C28H27N5O3S2. The molecule has 2 atom stereocenters. The quantitative estimate of drug-likeness (QED) is 0.276. The second-order valence-electron chi connectivity index (χ2n) is 9.06. The molecule has 0 aliphatic rings. The Labute approximate surface area is 225 Å². The third-order valence-corrected chi connectivity index (χ3v) is 8.87. The molecule has 5 rings (SSSR count). The molecular weight excluding hydrogens is 518 g/mol. The average molecular weight is 546 g/mol. The molecule has 8 nitrogen and oxygen atoms in total. The molecule has 0 aliphatic carbocycles. The first-order chi connectivity index (χ1) is 18.2. The summed E-state index contributed by atoms with van der Waals surface area (Å²) < 4.78 is 31.1. The van der Waals surface area contributed by atoms with Crippen molar-refractivity contribution >= 4 is 37.6 Å². The molecule has 0 unspecified atom stereocenters. The zero-order valence-corrected chi connectivity index (χ0v) is 22.8. The lowest BCUT2D eigenvalue weighted by molar-refractivity contribution is 0.239. The van der Waals surface area contributed by atoms with Gasteiger partial charge in [0, 0.05) is 24.0 Å². The number of hydrogen-bond donors (Lipinski definition) is 2. The van der Waals surface area contributed by atoms with Crippen LogP contribution in [-0.4, -0.2) is 29.0 Å². The molecule has 10 heteroatoms. The highest BCUT2D eigenvalue weighted by Crippen LogP contribution is 2.32. The molecule has 3 aromatic carbocycles. The molecule has 0 fully saturated rings.